The highest BCUT2D eigenvalue weighted by Crippen LogP contribution is 2.32. The summed E-state index contributed by atoms with van der Waals surface area (Å²) in [5.74, 6) is -1.14. The third-order valence-corrected chi connectivity index (χ3v) is 5.75. The molecule has 0 saturated carbocycles. The smallest absolute Gasteiger partial charge is 0.128 e. The molecule has 6 heteroatoms. The van der Waals surface area contributed by atoms with Gasteiger partial charge in [-0.2, -0.15) is 5.10 Å². The van der Waals surface area contributed by atoms with Gasteiger partial charge in [-0.05, 0) is 63.9 Å². The second kappa shape index (κ2) is 7.45. The molecule has 1 fully saturated rings. The number of halogens is 2. The van der Waals surface area contributed by atoms with Crippen LogP contribution in [0.4, 0.5) is 8.78 Å². The lowest BCUT2D eigenvalue weighted by Gasteiger charge is -2.35. The first kappa shape index (κ1) is 17.6. The monoisotopic (exact) mass is 360 g/mol. The van der Waals surface area contributed by atoms with Gasteiger partial charge in [0.15, 0.2) is 0 Å². The van der Waals surface area contributed by atoms with Gasteiger partial charge in [0.1, 0.15) is 11.6 Å². The fraction of sp³-hybridized carbons (Fsp3) is 0.550. The van der Waals surface area contributed by atoms with E-state index >= 15 is 0 Å². The number of hydrogen-bond acceptors (Lipinski definition) is 3. The summed E-state index contributed by atoms with van der Waals surface area (Å²) in [5.41, 5.74) is 2.71. The van der Waals surface area contributed by atoms with Crippen molar-refractivity contribution in [1.29, 1.82) is 0 Å². The van der Waals surface area contributed by atoms with Gasteiger partial charge in [-0.25, -0.2) is 13.5 Å². The van der Waals surface area contributed by atoms with Crippen LogP contribution >= 0.6 is 0 Å². The van der Waals surface area contributed by atoms with E-state index in [0.29, 0.717) is 11.7 Å². The predicted octanol–water partition coefficient (Wildman–Crippen LogP) is 3.60. The van der Waals surface area contributed by atoms with Crippen LogP contribution in [0.1, 0.15) is 49.9 Å². The van der Waals surface area contributed by atoms with Crippen LogP contribution in [-0.2, 0) is 6.42 Å². The lowest BCUT2D eigenvalue weighted by atomic mass is 9.91. The maximum absolute atomic E-state index is 13.6. The quantitative estimate of drug-likeness (QED) is 0.904. The molecule has 1 aliphatic carbocycles. The SMILES string of the molecule is CCN1CCC(NC2CCCc3c2cnn3-c2cc(F)cc(F)c2)CC1. The Labute approximate surface area is 153 Å². The van der Waals surface area contributed by atoms with Crippen LogP contribution in [-0.4, -0.2) is 40.4 Å². The highest BCUT2D eigenvalue weighted by atomic mass is 19.1. The highest BCUT2D eigenvalue weighted by molar-refractivity contribution is 5.38. The van der Waals surface area contributed by atoms with Gasteiger partial charge >= 0.3 is 0 Å². The van der Waals surface area contributed by atoms with Gasteiger partial charge in [-0.15, -0.1) is 0 Å². The fourth-order valence-electron chi connectivity index (χ4n) is 4.31. The Morgan fingerprint density at radius 1 is 1.12 bits per heavy atom. The molecule has 1 unspecified atom stereocenters. The van der Waals surface area contributed by atoms with Crippen LogP contribution in [0.5, 0.6) is 0 Å². The number of nitrogens with one attached hydrogen (secondary N) is 1. The summed E-state index contributed by atoms with van der Waals surface area (Å²) in [5, 5.41) is 8.27. The molecule has 1 N–H and O–H groups in total. The highest BCUT2D eigenvalue weighted by Gasteiger charge is 2.28. The summed E-state index contributed by atoms with van der Waals surface area (Å²) < 4.78 is 28.9. The van der Waals surface area contributed by atoms with E-state index in [4.69, 9.17) is 0 Å². The van der Waals surface area contributed by atoms with Crippen molar-refractivity contribution in [1.82, 2.24) is 20.0 Å². The standard InChI is InChI=1S/C20H26F2N4/c1-2-25-8-6-16(7-9-25)24-19-4-3-5-20-18(19)13-23-26(20)17-11-14(21)10-15(22)12-17/h10-13,16,19,24H,2-9H2,1H3. The average Bonchev–Trinajstić information content (AvgIpc) is 3.07. The maximum Gasteiger partial charge on any atom is 0.128 e. The van der Waals surface area contributed by atoms with Gasteiger partial charge in [0.05, 0.1) is 11.9 Å². The second-order valence-electron chi connectivity index (χ2n) is 7.41. The number of rotatable bonds is 4. The third-order valence-electron chi connectivity index (χ3n) is 5.75. The van der Waals surface area contributed by atoms with Gasteiger partial charge in [0.2, 0.25) is 0 Å². The molecular formula is C20H26F2N4. The lowest BCUT2D eigenvalue weighted by molar-refractivity contribution is 0.196. The minimum absolute atomic E-state index is 0.282. The van der Waals surface area contributed by atoms with Gasteiger partial charge < -0.3 is 10.2 Å². The Morgan fingerprint density at radius 2 is 1.85 bits per heavy atom. The Kier molecular flexibility index (Phi) is 5.05. The summed E-state index contributed by atoms with van der Waals surface area (Å²) in [7, 11) is 0. The Bertz CT molecular complexity index is 745. The molecular weight excluding hydrogens is 334 g/mol. The first-order chi connectivity index (χ1) is 12.6. The van der Waals surface area contributed by atoms with Crippen molar-refractivity contribution in [2.75, 3.05) is 19.6 Å². The van der Waals surface area contributed by atoms with E-state index < -0.39 is 11.6 Å². The number of hydrogen-bond donors (Lipinski definition) is 1. The predicted molar refractivity (Wildman–Crippen MR) is 97.4 cm³/mol. The zero-order chi connectivity index (χ0) is 18.1. The molecule has 1 aliphatic heterocycles. The van der Waals surface area contributed by atoms with E-state index in [1.165, 1.54) is 30.5 Å². The topological polar surface area (TPSA) is 33.1 Å². The molecule has 0 bridgehead atoms. The molecule has 1 aromatic carbocycles. The second-order valence-corrected chi connectivity index (χ2v) is 7.41. The molecule has 1 aromatic heterocycles. The van der Waals surface area contributed by atoms with Gasteiger partial charge in [0, 0.05) is 29.4 Å². The fourth-order valence-corrected chi connectivity index (χ4v) is 4.31. The molecule has 4 nitrogen and oxygen atoms in total. The number of fused-ring (bicyclic) bond motifs is 1. The van der Waals surface area contributed by atoms with Crippen LogP contribution in [0.3, 0.4) is 0 Å². The van der Waals surface area contributed by atoms with Crippen molar-refractivity contribution < 1.29 is 8.78 Å². The van der Waals surface area contributed by atoms with Crippen molar-refractivity contribution in [2.45, 2.75) is 51.1 Å². The summed E-state index contributed by atoms with van der Waals surface area (Å²) in [6.07, 6.45) is 7.24. The summed E-state index contributed by atoms with van der Waals surface area (Å²) in [6, 6.07) is 4.39. The van der Waals surface area contributed by atoms with Crippen molar-refractivity contribution in [3.63, 3.8) is 0 Å². The van der Waals surface area contributed by atoms with Crippen LogP contribution < -0.4 is 5.32 Å². The van der Waals surface area contributed by atoms with E-state index in [1.807, 2.05) is 6.20 Å². The zero-order valence-corrected chi connectivity index (χ0v) is 15.2. The first-order valence-electron chi connectivity index (χ1n) is 9.65. The minimum Gasteiger partial charge on any atom is -0.307 e. The molecule has 140 valence electrons. The molecule has 4 rings (SSSR count). The van der Waals surface area contributed by atoms with Gasteiger partial charge in [-0.3, -0.25) is 0 Å². The Morgan fingerprint density at radius 3 is 2.54 bits per heavy atom. The molecule has 0 spiro atoms. The first-order valence-corrected chi connectivity index (χ1v) is 9.65. The average molecular weight is 360 g/mol. The van der Waals surface area contributed by atoms with Crippen LogP contribution in [0.2, 0.25) is 0 Å². The van der Waals surface area contributed by atoms with Crippen molar-refractivity contribution in [3.05, 3.63) is 47.3 Å². The number of aromatic nitrogens is 2. The number of likely N-dealkylation sites (tertiary alicyclic amines) is 1. The Balaban J connectivity index is 1.53. The van der Waals surface area contributed by atoms with Crippen LogP contribution in [0.15, 0.2) is 24.4 Å². The van der Waals surface area contributed by atoms with E-state index in [9.17, 15) is 8.78 Å². The Hall–Kier alpha value is -1.79. The van der Waals surface area contributed by atoms with Crippen molar-refractivity contribution >= 4 is 0 Å². The van der Waals surface area contributed by atoms with Crippen molar-refractivity contribution in [2.24, 2.45) is 0 Å². The van der Waals surface area contributed by atoms with Gasteiger partial charge in [-0.1, -0.05) is 6.92 Å². The van der Waals surface area contributed by atoms with E-state index in [0.717, 1.165) is 50.7 Å². The number of benzene rings is 1. The largest absolute Gasteiger partial charge is 0.307 e. The van der Waals surface area contributed by atoms with E-state index in [1.54, 1.807) is 4.68 Å². The summed E-state index contributed by atoms with van der Waals surface area (Å²) in [4.78, 5) is 2.49. The van der Waals surface area contributed by atoms with E-state index in [2.05, 4.69) is 22.2 Å². The van der Waals surface area contributed by atoms with Crippen LogP contribution in [0.25, 0.3) is 5.69 Å². The molecule has 0 radical (unpaired) electrons. The molecule has 2 aromatic rings. The molecule has 1 atom stereocenters. The minimum atomic E-state index is -0.572. The van der Waals surface area contributed by atoms with E-state index in [-0.39, 0.29) is 6.04 Å². The normalized spacial score (nSPS) is 21.7. The molecule has 0 amide bonds. The molecule has 2 aliphatic rings. The van der Waals surface area contributed by atoms with Crippen LogP contribution in [0, 0.1) is 11.6 Å². The number of piperidine rings is 1. The summed E-state index contributed by atoms with van der Waals surface area (Å²) >= 11 is 0. The molecule has 1 saturated heterocycles. The van der Waals surface area contributed by atoms with Gasteiger partial charge in [0.25, 0.3) is 0 Å². The molecule has 26 heavy (non-hydrogen) atoms. The maximum atomic E-state index is 13.6. The van der Waals surface area contributed by atoms with Crippen molar-refractivity contribution in [3.8, 4) is 5.69 Å². The zero-order valence-electron chi connectivity index (χ0n) is 15.2. The lowest BCUT2D eigenvalue weighted by Crippen LogP contribution is -2.44. The summed E-state index contributed by atoms with van der Waals surface area (Å²) in [6.45, 7) is 5.63. The third kappa shape index (κ3) is 3.53. The number of nitrogens with zero attached hydrogens (tertiary/aromatic N) is 3. The molecule has 2 heterocycles.